The lowest BCUT2D eigenvalue weighted by molar-refractivity contribution is 0.671. The first kappa shape index (κ1) is 26.3. The van der Waals surface area contributed by atoms with E-state index in [1.54, 1.807) is 0 Å². The van der Waals surface area contributed by atoms with E-state index in [2.05, 4.69) is 168 Å². The second-order valence-electron chi connectivity index (χ2n) is 13.5. The predicted octanol–water partition coefficient (Wildman–Crippen LogP) is 13.6. The molecule has 0 N–H and O–H groups in total. The van der Waals surface area contributed by atoms with Crippen molar-refractivity contribution in [2.45, 2.75) is 0 Å². The first-order valence-corrected chi connectivity index (χ1v) is 17.3. The number of furan rings is 1. The van der Waals surface area contributed by atoms with E-state index in [4.69, 9.17) is 4.42 Å². The summed E-state index contributed by atoms with van der Waals surface area (Å²) in [6, 6.07) is 59.8. The zero-order chi connectivity index (χ0) is 32.5. The number of aromatic nitrogens is 1. The Morgan fingerprint density at radius 2 is 0.760 bits per heavy atom. The molecule has 0 saturated heterocycles. The molecule has 2 nitrogen and oxygen atoms in total. The monoisotopic (exact) mass is 633 g/mol. The maximum absolute atomic E-state index is 7.02. The van der Waals surface area contributed by atoms with Crippen LogP contribution in [-0.4, -0.2) is 4.57 Å². The summed E-state index contributed by atoms with van der Waals surface area (Å²) in [7, 11) is 0. The van der Waals surface area contributed by atoms with Gasteiger partial charge in [-0.15, -0.1) is 0 Å². The highest BCUT2D eigenvalue weighted by Gasteiger charge is 2.26. The lowest BCUT2D eigenvalue weighted by Gasteiger charge is -2.15. The van der Waals surface area contributed by atoms with Gasteiger partial charge in [-0.1, -0.05) is 140 Å². The molecular weight excluding hydrogens is 607 g/mol. The summed E-state index contributed by atoms with van der Waals surface area (Å²) in [5.41, 5.74) is 5.22. The van der Waals surface area contributed by atoms with E-state index in [1.807, 2.05) is 0 Å². The molecule has 0 radical (unpaired) electrons. The second kappa shape index (κ2) is 9.49. The van der Waals surface area contributed by atoms with Crippen molar-refractivity contribution in [2.24, 2.45) is 0 Å². The molecule has 50 heavy (non-hydrogen) atoms. The van der Waals surface area contributed by atoms with Crippen LogP contribution in [0.5, 0.6) is 0 Å². The maximum Gasteiger partial charge on any atom is 0.160 e. The van der Waals surface area contributed by atoms with E-state index < -0.39 is 0 Å². The number of rotatable bonds is 1. The molecule has 0 spiro atoms. The molecule has 2 aromatic heterocycles. The largest absolute Gasteiger partial charge is 0.454 e. The molecule has 0 unspecified atom stereocenters. The summed E-state index contributed by atoms with van der Waals surface area (Å²) >= 11 is 0. The molecule has 12 rings (SSSR count). The van der Waals surface area contributed by atoms with Crippen molar-refractivity contribution in [1.29, 1.82) is 0 Å². The zero-order valence-electron chi connectivity index (χ0n) is 26.9. The molecule has 0 fully saturated rings. The van der Waals surface area contributed by atoms with Crippen molar-refractivity contribution < 1.29 is 4.42 Å². The van der Waals surface area contributed by atoms with Crippen molar-refractivity contribution in [3.8, 4) is 5.69 Å². The Bertz CT molecular complexity index is 3400. The first-order valence-electron chi connectivity index (χ1n) is 17.3. The molecule has 0 amide bonds. The third-order valence-electron chi connectivity index (χ3n) is 11.1. The van der Waals surface area contributed by atoms with Crippen molar-refractivity contribution >= 4 is 108 Å². The Balaban J connectivity index is 1.37. The van der Waals surface area contributed by atoms with E-state index in [-0.39, 0.29) is 0 Å². The fourth-order valence-electron chi connectivity index (χ4n) is 9.13. The second-order valence-corrected chi connectivity index (χ2v) is 13.5. The third-order valence-corrected chi connectivity index (χ3v) is 11.1. The molecule has 230 valence electrons. The number of hydrogen-bond acceptors (Lipinski definition) is 1. The summed E-state index contributed by atoms with van der Waals surface area (Å²) in [5.74, 6) is 0. The van der Waals surface area contributed by atoms with E-state index in [0.717, 1.165) is 27.8 Å². The standard InChI is InChI=1S/C48H27NO/c1-2-15-31-29(13-1)30-14-3-4-18-34(30)40-27-28(25-26-35(31)40)49-41-23-11-9-21-38(41)45-43-36-19-7-5-16-32(36)33-17-6-8-20-37(33)44(43)46-39-22-10-12-24-42(39)50-48(46)47(45)49/h1-27H. The van der Waals surface area contributed by atoms with E-state index >= 15 is 0 Å². The van der Waals surface area contributed by atoms with Gasteiger partial charge in [-0.2, -0.15) is 0 Å². The van der Waals surface area contributed by atoms with Gasteiger partial charge in [-0.05, 0) is 78.1 Å². The Morgan fingerprint density at radius 1 is 0.320 bits per heavy atom. The zero-order valence-corrected chi connectivity index (χ0v) is 26.9. The van der Waals surface area contributed by atoms with Crippen LogP contribution >= 0.6 is 0 Å². The Hall–Kier alpha value is -6.64. The van der Waals surface area contributed by atoms with Crippen LogP contribution < -0.4 is 0 Å². The molecule has 2 heteroatoms. The minimum atomic E-state index is 0.904. The highest BCUT2D eigenvalue weighted by atomic mass is 16.3. The molecule has 0 saturated carbocycles. The summed E-state index contributed by atoms with van der Waals surface area (Å²) in [5, 5.41) is 20.0. The third kappa shape index (κ3) is 3.23. The number of para-hydroxylation sites is 2. The number of hydrogen-bond donors (Lipinski definition) is 0. The van der Waals surface area contributed by atoms with E-state index in [1.165, 1.54) is 86.3 Å². The summed E-state index contributed by atoms with van der Waals surface area (Å²) < 4.78 is 9.48. The summed E-state index contributed by atoms with van der Waals surface area (Å²) in [4.78, 5) is 0. The lowest BCUT2D eigenvalue weighted by Crippen LogP contribution is -1.95. The van der Waals surface area contributed by atoms with Crippen molar-refractivity contribution in [3.05, 3.63) is 164 Å². The quantitative estimate of drug-likeness (QED) is 0.165. The van der Waals surface area contributed by atoms with Crippen LogP contribution in [0.4, 0.5) is 0 Å². The minimum Gasteiger partial charge on any atom is -0.454 e. The van der Waals surface area contributed by atoms with Crippen molar-refractivity contribution in [1.82, 2.24) is 4.57 Å². The predicted molar refractivity (Wildman–Crippen MR) is 213 cm³/mol. The average Bonchev–Trinajstić information content (AvgIpc) is 3.74. The van der Waals surface area contributed by atoms with Gasteiger partial charge in [-0.3, -0.25) is 0 Å². The molecule has 12 aromatic rings. The Kier molecular flexibility index (Phi) is 5.00. The van der Waals surface area contributed by atoms with Crippen LogP contribution in [0, 0.1) is 0 Å². The highest BCUT2D eigenvalue weighted by molar-refractivity contribution is 6.44. The Morgan fingerprint density at radius 3 is 1.38 bits per heavy atom. The average molecular weight is 634 g/mol. The van der Waals surface area contributed by atoms with E-state index in [0.29, 0.717) is 0 Å². The molecule has 0 aliphatic rings. The van der Waals surface area contributed by atoms with Gasteiger partial charge in [0, 0.05) is 38.0 Å². The summed E-state index contributed by atoms with van der Waals surface area (Å²) in [6.45, 7) is 0. The molecule has 0 aliphatic carbocycles. The SMILES string of the molecule is c1ccc2c(c1)oc1c2c2c3ccccc3c3ccccc3c2c2c3ccccc3n(-c3ccc4c5ccccc5c5ccccc5c4c3)c12. The van der Waals surface area contributed by atoms with Gasteiger partial charge < -0.3 is 8.98 Å². The highest BCUT2D eigenvalue weighted by Crippen LogP contribution is 2.50. The Labute approximate surface area is 286 Å². The van der Waals surface area contributed by atoms with Crippen LogP contribution in [0.2, 0.25) is 0 Å². The maximum atomic E-state index is 7.02. The minimum absolute atomic E-state index is 0.904. The van der Waals surface area contributed by atoms with Gasteiger partial charge in [0.1, 0.15) is 5.58 Å². The summed E-state index contributed by atoms with van der Waals surface area (Å²) in [6.07, 6.45) is 0. The normalized spacial score (nSPS) is 12.4. The fraction of sp³-hybridized carbons (Fsp3) is 0. The smallest absolute Gasteiger partial charge is 0.160 e. The van der Waals surface area contributed by atoms with Gasteiger partial charge in [0.05, 0.1) is 11.0 Å². The van der Waals surface area contributed by atoms with Gasteiger partial charge >= 0.3 is 0 Å². The van der Waals surface area contributed by atoms with Crippen LogP contribution in [0.25, 0.3) is 114 Å². The number of fused-ring (bicyclic) bond motifs is 21. The molecule has 0 atom stereocenters. The van der Waals surface area contributed by atoms with Gasteiger partial charge in [0.2, 0.25) is 0 Å². The van der Waals surface area contributed by atoms with Crippen molar-refractivity contribution in [2.75, 3.05) is 0 Å². The molecule has 0 bridgehead atoms. The molecule has 0 aliphatic heterocycles. The van der Waals surface area contributed by atoms with Crippen LogP contribution in [0.3, 0.4) is 0 Å². The van der Waals surface area contributed by atoms with Crippen molar-refractivity contribution in [3.63, 3.8) is 0 Å². The van der Waals surface area contributed by atoms with Gasteiger partial charge in [0.15, 0.2) is 5.58 Å². The number of benzene rings is 10. The lowest BCUT2D eigenvalue weighted by atomic mass is 9.89. The van der Waals surface area contributed by atoms with Gasteiger partial charge in [0.25, 0.3) is 0 Å². The van der Waals surface area contributed by atoms with Crippen LogP contribution in [0.15, 0.2) is 168 Å². The number of nitrogens with zero attached hydrogens (tertiary/aromatic N) is 1. The van der Waals surface area contributed by atoms with Gasteiger partial charge in [-0.25, -0.2) is 0 Å². The van der Waals surface area contributed by atoms with E-state index in [9.17, 15) is 0 Å². The molecule has 10 aromatic carbocycles. The van der Waals surface area contributed by atoms with Crippen LogP contribution in [-0.2, 0) is 0 Å². The van der Waals surface area contributed by atoms with Crippen LogP contribution in [0.1, 0.15) is 0 Å². The first-order chi connectivity index (χ1) is 24.8. The molecule has 2 heterocycles. The fourth-order valence-corrected chi connectivity index (χ4v) is 9.13. The molecular formula is C48H27NO. The topological polar surface area (TPSA) is 18.1 Å².